The highest BCUT2D eigenvalue weighted by atomic mass is 35.5. The van der Waals surface area contributed by atoms with Crippen molar-refractivity contribution < 1.29 is 17.9 Å². The van der Waals surface area contributed by atoms with Crippen LogP contribution in [0.5, 0.6) is 11.6 Å². The van der Waals surface area contributed by atoms with Crippen LogP contribution in [0.3, 0.4) is 0 Å². The molecule has 0 saturated carbocycles. The maximum Gasteiger partial charge on any atom is 0.238 e. The Labute approximate surface area is 201 Å². The van der Waals surface area contributed by atoms with Crippen molar-refractivity contribution in [2.45, 2.75) is 25.2 Å². The Balaban J connectivity index is 1.58. The molecule has 0 saturated heterocycles. The quantitative estimate of drug-likeness (QED) is 0.423. The monoisotopic (exact) mass is 500 g/mol. The van der Waals surface area contributed by atoms with E-state index < -0.39 is 10.0 Å². The summed E-state index contributed by atoms with van der Waals surface area (Å²) in [6, 6.07) is 11.0. The molecule has 0 spiro atoms. The molecule has 0 unspecified atom stereocenters. The Kier molecular flexibility index (Phi) is 7.68. The van der Waals surface area contributed by atoms with Crippen molar-refractivity contribution in [3.05, 3.63) is 64.3 Å². The van der Waals surface area contributed by atoms with Gasteiger partial charge in [0.25, 0.3) is 0 Å². The van der Waals surface area contributed by atoms with Gasteiger partial charge in [-0.1, -0.05) is 11.6 Å². The van der Waals surface area contributed by atoms with Crippen LogP contribution >= 0.6 is 11.6 Å². The van der Waals surface area contributed by atoms with E-state index in [0.717, 1.165) is 11.1 Å². The maximum atomic E-state index is 12.2. The van der Waals surface area contributed by atoms with E-state index in [1.165, 1.54) is 24.4 Å². The van der Waals surface area contributed by atoms with E-state index in [1.54, 1.807) is 18.2 Å². The third-order valence-corrected chi connectivity index (χ3v) is 5.83. The Morgan fingerprint density at radius 2 is 1.91 bits per heavy atom. The summed E-state index contributed by atoms with van der Waals surface area (Å²) >= 11 is 6.03. The van der Waals surface area contributed by atoms with Crippen molar-refractivity contribution in [1.82, 2.24) is 9.97 Å². The average Bonchev–Trinajstić information content (AvgIpc) is 2.77. The first-order valence-corrected chi connectivity index (χ1v) is 11.9. The molecule has 0 fully saturated rings. The number of aryl methyl sites for hydroxylation is 2. The summed E-state index contributed by atoms with van der Waals surface area (Å²) in [6.45, 7) is 3.91. The van der Waals surface area contributed by atoms with Gasteiger partial charge in [0, 0.05) is 25.2 Å². The van der Waals surface area contributed by atoms with Crippen molar-refractivity contribution in [1.29, 1.82) is 5.26 Å². The van der Waals surface area contributed by atoms with Gasteiger partial charge in [0.2, 0.25) is 27.8 Å². The van der Waals surface area contributed by atoms with Crippen molar-refractivity contribution in [2.75, 3.05) is 17.2 Å². The SMILES string of the molecule is Cc1cc(C#N)cc(C)c1Oc1ccnc(NCCC(=O)Nc2ccc(S(N)(=O)=O)cc2Cl)n1. The number of rotatable bonds is 8. The van der Waals surface area contributed by atoms with Crippen molar-refractivity contribution >= 4 is 39.2 Å². The number of nitrogens with two attached hydrogens (primary N) is 1. The van der Waals surface area contributed by atoms with Crippen LogP contribution in [0.1, 0.15) is 23.1 Å². The molecule has 0 bridgehead atoms. The molecule has 0 aliphatic heterocycles. The number of halogens is 1. The van der Waals surface area contributed by atoms with E-state index >= 15 is 0 Å². The average molecular weight is 501 g/mol. The first kappa shape index (κ1) is 24.9. The van der Waals surface area contributed by atoms with Gasteiger partial charge in [0.15, 0.2) is 0 Å². The number of hydrogen-bond donors (Lipinski definition) is 3. The molecule has 0 aliphatic rings. The second-order valence-electron chi connectivity index (χ2n) is 7.28. The van der Waals surface area contributed by atoms with E-state index in [2.05, 4.69) is 26.7 Å². The Morgan fingerprint density at radius 1 is 1.21 bits per heavy atom. The van der Waals surface area contributed by atoms with Gasteiger partial charge in [-0.3, -0.25) is 4.79 Å². The second-order valence-corrected chi connectivity index (χ2v) is 9.25. The number of nitrogens with zero attached hydrogens (tertiary/aromatic N) is 3. The maximum absolute atomic E-state index is 12.2. The van der Waals surface area contributed by atoms with Crippen molar-refractivity contribution in [2.24, 2.45) is 5.14 Å². The number of benzene rings is 2. The number of ether oxygens (including phenoxy) is 1. The molecular formula is C22H21ClN6O4S. The second kappa shape index (κ2) is 10.5. The number of nitrogens with one attached hydrogen (secondary N) is 2. The van der Waals surface area contributed by atoms with E-state index in [0.29, 0.717) is 17.2 Å². The predicted molar refractivity (Wildman–Crippen MR) is 127 cm³/mol. The van der Waals surface area contributed by atoms with Crippen LogP contribution in [0.25, 0.3) is 0 Å². The van der Waals surface area contributed by atoms with E-state index in [-0.39, 0.29) is 40.4 Å². The van der Waals surface area contributed by atoms with Gasteiger partial charge in [0.1, 0.15) is 5.75 Å². The highest BCUT2D eigenvalue weighted by Crippen LogP contribution is 2.29. The van der Waals surface area contributed by atoms with Crippen LogP contribution in [0.2, 0.25) is 5.02 Å². The van der Waals surface area contributed by atoms with Gasteiger partial charge in [-0.25, -0.2) is 18.5 Å². The molecule has 12 heteroatoms. The number of amides is 1. The number of hydrogen-bond acceptors (Lipinski definition) is 8. The highest BCUT2D eigenvalue weighted by Gasteiger charge is 2.13. The molecule has 3 rings (SSSR count). The third kappa shape index (κ3) is 6.41. The third-order valence-electron chi connectivity index (χ3n) is 4.60. The largest absolute Gasteiger partial charge is 0.438 e. The molecule has 34 heavy (non-hydrogen) atoms. The summed E-state index contributed by atoms with van der Waals surface area (Å²) in [4.78, 5) is 20.5. The summed E-state index contributed by atoms with van der Waals surface area (Å²) in [6.07, 6.45) is 1.58. The molecule has 1 aromatic heterocycles. The van der Waals surface area contributed by atoms with Gasteiger partial charge >= 0.3 is 0 Å². The number of carbonyl (C=O) groups excluding carboxylic acids is 1. The number of anilines is 2. The lowest BCUT2D eigenvalue weighted by atomic mass is 10.1. The van der Waals surface area contributed by atoms with E-state index in [4.69, 9.17) is 26.7 Å². The molecular weight excluding hydrogens is 480 g/mol. The fourth-order valence-electron chi connectivity index (χ4n) is 3.04. The minimum absolute atomic E-state index is 0.0504. The van der Waals surface area contributed by atoms with Gasteiger partial charge in [-0.05, 0) is 55.3 Å². The fraction of sp³-hybridized carbons (Fsp3) is 0.182. The standard InChI is InChI=1S/C22H21ClN6O4S/c1-13-9-15(12-24)10-14(2)21(13)33-20-6-8-27-22(29-20)26-7-5-19(30)28-18-4-3-16(11-17(18)23)34(25,31)32/h3-4,6,8-11H,5,7H2,1-2H3,(H,28,30)(H2,25,31,32)(H,26,27,29). The minimum Gasteiger partial charge on any atom is -0.438 e. The zero-order valence-electron chi connectivity index (χ0n) is 18.3. The zero-order valence-corrected chi connectivity index (χ0v) is 19.9. The summed E-state index contributed by atoms with van der Waals surface area (Å²) in [5.74, 6) is 0.826. The van der Waals surface area contributed by atoms with Crippen LogP contribution in [0, 0.1) is 25.2 Å². The Morgan fingerprint density at radius 3 is 2.53 bits per heavy atom. The lowest BCUT2D eigenvalue weighted by Gasteiger charge is -2.12. The molecule has 2 aromatic carbocycles. The molecule has 1 amide bonds. The van der Waals surface area contributed by atoms with Gasteiger partial charge in [-0.2, -0.15) is 10.2 Å². The molecule has 1 heterocycles. The Hall–Kier alpha value is -3.72. The molecule has 10 nitrogen and oxygen atoms in total. The molecule has 4 N–H and O–H groups in total. The van der Waals surface area contributed by atoms with E-state index in [1.807, 2.05) is 13.8 Å². The number of sulfonamides is 1. The summed E-state index contributed by atoms with van der Waals surface area (Å²) in [7, 11) is -3.89. The highest BCUT2D eigenvalue weighted by molar-refractivity contribution is 7.89. The minimum atomic E-state index is -3.89. The van der Waals surface area contributed by atoms with Crippen LogP contribution in [0.15, 0.2) is 47.5 Å². The first-order chi connectivity index (χ1) is 16.1. The molecule has 0 radical (unpaired) electrons. The smallest absolute Gasteiger partial charge is 0.238 e. The normalized spacial score (nSPS) is 10.9. The number of aromatic nitrogens is 2. The molecule has 3 aromatic rings. The lowest BCUT2D eigenvalue weighted by molar-refractivity contribution is -0.115. The number of nitriles is 1. The topological polar surface area (TPSA) is 160 Å². The molecule has 0 atom stereocenters. The first-order valence-electron chi connectivity index (χ1n) is 9.95. The lowest BCUT2D eigenvalue weighted by Crippen LogP contribution is -2.17. The fourth-order valence-corrected chi connectivity index (χ4v) is 3.87. The summed E-state index contributed by atoms with van der Waals surface area (Å²) in [5, 5.41) is 19.7. The van der Waals surface area contributed by atoms with Gasteiger partial charge < -0.3 is 15.4 Å². The van der Waals surface area contributed by atoms with Gasteiger partial charge in [0.05, 0.1) is 27.2 Å². The molecule has 176 valence electrons. The molecule has 0 aliphatic carbocycles. The summed E-state index contributed by atoms with van der Waals surface area (Å²) < 4.78 is 28.6. The van der Waals surface area contributed by atoms with Crippen LogP contribution in [-0.4, -0.2) is 30.8 Å². The number of carbonyl (C=O) groups is 1. The predicted octanol–water partition coefficient (Wildman–Crippen LogP) is 3.50. The van der Waals surface area contributed by atoms with Crippen LogP contribution in [-0.2, 0) is 14.8 Å². The van der Waals surface area contributed by atoms with Crippen molar-refractivity contribution in [3.8, 4) is 17.7 Å². The van der Waals surface area contributed by atoms with Gasteiger partial charge in [-0.15, -0.1) is 0 Å². The summed E-state index contributed by atoms with van der Waals surface area (Å²) in [5.41, 5.74) is 2.42. The van der Waals surface area contributed by atoms with E-state index in [9.17, 15) is 13.2 Å². The van der Waals surface area contributed by atoms with Crippen LogP contribution in [0.4, 0.5) is 11.6 Å². The zero-order chi connectivity index (χ0) is 24.9. The van der Waals surface area contributed by atoms with Crippen molar-refractivity contribution in [3.63, 3.8) is 0 Å². The number of primary sulfonamides is 1. The Bertz CT molecular complexity index is 1370. The van der Waals surface area contributed by atoms with Crippen LogP contribution < -0.4 is 20.5 Å².